The fourth-order valence-corrected chi connectivity index (χ4v) is 4.58. The highest BCUT2D eigenvalue weighted by Gasteiger charge is 2.25. The molecule has 0 bridgehead atoms. The first-order valence-corrected chi connectivity index (χ1v) is 9.44. The predicted octanol–water partition coefficient (Wildman–Crippen LogP) is 2.39. The van der Waals surface area contributed by atoms with Crippen LogP contribution in [0.25, 0.3) is 0 Å². The molecule has 2 aromatic carbocycles. The van der Waals surface area contributed by atoms with Crippen LogP contribution in [0.3, 0.4) is 0 Å². The van der Waals surface area contributed by atoms with Crippen LogP contribution in [0.5, 0.6) is 0 Å². The minimum absolute atomic E-state index is 0.01000. The Balaban J connectivity index is 2.12. The van der Waals surface area contributed by atoms with E-state index in [2.05, 4.69) is 5.32 Å². The second-order valence-electron chi connectivity index (χ2n) is 5.50. The molecule has 2 aromatic rings. The fraction of sp³-hybridized carbons (Fsp3) is 0.235. The number of hydrogen-bond acceptors (Lipinski definition) is 5. The van der Waals surface area contributed by atoms with Gasteiger partial charge in [0.2, 0.25) is 9.84 Å². The van der Waals surface area contributed by atoms with Crippen LogP contribution in [0.4, 0.5) is 5.69 Å². The van der Waals surface area contributed by atoms with Gasteiger partial charge in [-0.1, -0.05) is 23.7 Å². The number of rotatable bonds is 4. The average Bonchev–Trinajstić information content (AvgIpc) is 2.61. The molecule has 3 rings (SSSR count). The summed E-state index contributed by atoms with van der Waals surface area (Å²) >= 11 is 5.92. The Bertz CT molecular complexity index is 862. The van der Waals surface area contributed by atoms with Gasteiger partial charge in [0.25, 0.3) is 0 Å². The van der Waals surface area contributed by atoms with Crippen molar-refractivity contribution < 1.29 is 13.2 Å². The van der Waals surface area contributed by atoms with E-state index < -0.39 is 9.84 Å². The number of benzene rings is 2. The maximum Gasteiger partial charge on any atom is 0.207 e. The first kappa shape index (κ1) is 17.0. The molecule has 0 aromatic heterocycles. The highest BCUT2D eigenvalue weighted by molar-refractivity contribution is 7.91. The van der Waals surface area contributed by atoms with Gasteiger partial charge in [-0.3, -0.25) is 4.79 Å². The number of nitrogens with one attached hydrogen (secondary N) is 1. The Morgan fingerprint density at radius 1 is 1.08 bits per heavy atom. The zero-order chi connectivity index (χ0) is 17.2. The van der Waals surface area contributed by atoms with Gasteiger partial charge < -0.3 is 10.2 Å². The van der Waals surface area contributed by atoms with Crippen molar-refractivity contribution in [3.63, 3.8) is 0 Å². The van der Waals surface area contributed by atoms with Crippen molar-refractivity contribution in [1.29, 1.82) is 0 Å². The smallest absolute Gasteiger partial charge is 0.207 e. The van der Waals surface area contributed by atoms with Crippen molar-refractivity contribution >= 4 is 33.4 Å². The topological polar surface area (TPSA) is 66.5 Å². The number of carbonyl (C=O) groups excluding carboxylic acids is 1. The van der Waals surface area contributed by atoms with E-state index in [-0.39, 0.29) is 15.4 Å². The largest absolute Gasteiger partial charge is 0.368 e. The van der Waals surface area contributed by atoms with Crippen LogP contribution < -0.4 is 10.2 Å². The van der Waals surface area contributed by atoms with Crippen LogP contribution in [-0.4, -0.2) is 40.9 Å². The summed E-state index contributed by atoms with van der Waals surface area (Å²) in [6, 6.07) is 11.0. The van der Waals surface area contributed by atoms with Crippen molar-refractivity contribution in [2.45, 2.75) is 9.79 Å². The molecule has 0 atom stereocenters. The molecular weight excluding hydrogens is 348 g/mol. The van der Waals surface area contributed by atoms with Crippen molar-refractivity contribution in [3.8, 4) is 0 Å². The summed E-state index contributed by atoms with van der Waals surface area (Å²) < 4.78 is 25.9. The average molecular weight is 365 g/mol. The Labute approximate surface area is 146 Å². The van der Waals surface area contributed by atoms with Gasteiger partial charge >= 0.3 is 0 Å². The van der Waals surface area contributed by atoms with Crippen LogP contribution in [-0.2, 0) is 9.84 Å². The summed E-state index contributed by atoms with van der Waals surface area (Å²) in [4.78, 5) is 13.8. The van der Waals surface area contributed by atoms with Gasteiger partial charge in [-0.25, -0.2) is 8.42 Å². The molecule has 0 spiro atoms. The van der Waals surface area contributed by atoms with Crippen molar-refractivity contribution in [2.24, 2.45) is 0 Å². The molecule has 1 N–H and O–H groups in total. The number of anilines is 1. The number of hydrogen-bond donors (Lipinski definition) is 1. The van der Waals surface area contributed by atoms with Gasteiger partial charge in [0.15, 0.2) is 6.29 Å². The summed E-state index contributed by atoms with van der Waals surface area (Å²) in [7, 11) is -3.82. The van der Waals surface area contributed by atoms with E-state index in [0.717, 1.165) is 26.2 Å². The minimum atomic E-state index is -3.82. The second-order valence-corrected chi connectivity index (χ2v) is 7.86. The molecule has 1 heterocycles. The molecule has 1 aliphatic heterocycles. The summed E-state index contributed by atoms with van der Waals surface area (Å²) in [5, 5.41) is 3.57. The number of nitrogens with zero attached hydrogens (tertiary/aromatic N) is 1. The SMILES string of the molecule is O=Cc1c(N2CCNCC2)cccc1S(=O)(=O)c1cccc(Cl)c1. The van der Waals surface area contributed by atoms with Gasteiger partial charge in [-0.2, -0.15) is 0 Å². The summed E-state index contributed by atoms with van der Waals surface area (Å²) in [5.41, 5.74) is 0.842. The monoisotopic (exact) mass is 364 g/mol. The molecule has 0 unspecified atom stereocenters. The van der Waals surface area contributed by atoms with E-state index in [4.69, 9.17) is 11.6 Å². The van der Waals surface area contributed by atoms with E-state index in [1.807, 2.05) is 4.90 Å². The summed E-state index contributed by atoms with van der Waals surface area (Å²) in [6.45, 7) is 3.04. The molecule has 1 saturated heterocycles. The summed E-state index contributed by atoms with van der Waals surface area (Å²) in [6.07, 6.45) is 0.620. The van der Waals surface area contributed by atoms with E-state index in [1.165, 1.54) is 18.2 Å². The van der Waals surface area contributed by atoms with E-state index in [0.29, 0.717) is 17.0 Å². The maximum atomic E-state index is 13.0. The molecule has 0 radical (unpaired) electrons. The van der Waals surface area contributed by atoms with E-state index >= 15 is 0 Å². The zero-order valence-corrected chi connectivity index (χ0v) is 14.5. The molecule has 7 heteroatoms. The molecule has 0 saturated carbocycles. The Morgan fingerprint density at radius 3 is 2.46 bits per heavy atom. The maximum absolute atomic E-state index is 13.0. The molecule has 0 amide bonds. The predicted molar refractivity (Wildman–Crippen MR) is 93.8 cm³/mol. The number of carbonyl (C=O) groups is 1. The highest BCUT2D eigenvalue weighted by Crippen LogP contribution is 2.31. The third kappa shape index (κ3) is 3.17. The molecule has 126 valence electrons. The number of piperazine rings is 1. The van der Waals surface area contributed by atoms with Crippen molar-refractivity contribution in [2.75, 3.05) is 31.1 Å². The molecule has 1 aliphatic rings. The number of halogens is 1. The fourth-order valence-electron chi connectivity index (χ4n) is 2.83. The standard InChI is InChI=1S/C17H17ClN2O3S/c18-13-3-1-4-14(11-13)24(22,23)17-6-2-5-16(15(17)12-21)20-9-7-19-8-10-20/h1-6,11-12,19H,7-10H2. The van der Waals surface area contributed by atoms with Gasteiger partial charge in [-0.15, -0.1) is 0 Å². The lowest BCUT2D eigenvalue weighted by Crippen LogP contribution is -2.44. The molecule has 24 heavy (non-hydrogen) atoms. The quantitative estimate of drug-likeness (QED) is 0.844. The first-order chi connectivity index (χ1) is 11.5. The molecular formula is C17H17ClN2O3S. The Morgan fingerprint density at radius 2 is 1.79 bits per heavy atom. The van der Waals surface area contributed by atoms with Gasteiger partial charge in [0, 0.05) is 36.9 Å². The lowest BCUT2D eigenvalue weighted by molar-refractivity contribution is 0.112. The third-order valence-electron chi connectivity index (χ3n) is 4.01. The molecule has 1 fully saturated rings. The van der Waals surface area contributed by atoms with E-state index in [1.54, 1.807) is 24.3 Å². The number of aldehydes is 1. The van der Waals surface area contributed by atoms with Gasteiger partial charge in [0.05, 0.1) is 15.4 Å². The van der Waals surface area contributed by atoms with Gasteiger partial charge in [-0.05, 0) is 30.3 Å². The zero-order valence-electron chi connectivity index (χ0n) is 12.9. The summed E-state index contributed by atoms with van der Waals surface area (Å²) in [5.74, 6) is 0. The van der Waals surface area contributed by atoms with Crippen LogP contribution in [0.2, 0.25) is 5.02 Å². The van der Waals surface area contributed by atoms with Crippen LogP contribution >= 0.6 is 11.6 Å². The van der Waals surface area contributed by atoms with Crippen LogP contribution in [0.1, 0.15) is 10.4 Å². The normalized spacial score (nSPS) is 15.3. The Hall–Kier alpha value is -1.89. The van der Waals surface area contributed by atoms with Crippen LogP contribution in [0, 0.1) is 0 Å². The highest BCUT2D eigenvalue weighted by atomic mass is 35.5. The number of sulfone groups is 1. The van der Waals surface area contributed by atoms with Crippen molar-refractivity contribution in [3.05, 3.63) is 53.1 Å². The van der Waals surface area contributed by atoms with Gasteiger partial charge in [0.1, 0.15) is 0 Å². The lowest BCUT2D eigenvalue weighted by atomic mass is 10.1. The molecule has 0 aliphatic carbocycles. The third-order valence-corrected chi connectivity index (χ3v) is 6.06. The Kier molecular flexibility index (Phi) is 4.89. The van der Waals surface area contributed by atoms with Crippen LogP contribution in [0.15, 0.2) is 52.3 Å². The molecule has 5 nitrogen and oxygen atoms in total. The minimum Gasteiger partial charge on any atom is -0.368 e. The second kappa shape index (κ2) is 6.93. The van der Waals surface area contributed by atoms with E-state index in [9.17, 15) is 13.2 Å². The lowest BCUT2D eigenvalue weighted by Gasteiger charge is -2.30. The van der Waals surface area contributed by atoms with Crippen molar-refractivity contribution in [1.82, 2.24) is 5.32 Å². The first-order valence-electron chi connectivity index (χ1n) is 7.58.